The van der Waals surface area contributed by atoms with Gasteiger partial charge in [0.25, 0.3) is 0 Å². The van der Waals surface area contributed by atoms with E-state index in [1.807, 2.05) is 27.7 Å². The average molecular weight is 326 g/mol. The lowest BCUT2D eigenvalue weighted by Crippen LogP contribution is -2.40. The van der Waals surface area contributed by atoms with E-state index in [-0.39, 0.29) is 18.1 Å². The fraction of sp³-hybridized carbons (Fsp3) is 0.688. The molecule has 1 aromatic heterocycles. The number of methoxy groups -OCH3 is 1. The highest BCUT2D eigenvalue weighted by Crippen LogP contribution is 2.19. The first-order valence-electron chi connectivity index (χ1n) is 7.69. The smallest absolute Gasteiger partial charge is 0.360 e. The van der Waals surface area contributed by atoms with Crippen LogP contribution in [0.1, 0.15) is 50.5 Å². The monoisotopic (exact) mass is 326 g/mol. The molecule has 0 bridgehead atoms. The van der Waals surface area contributed by atoms with Crippen LogP contribution in [0.3, 0.4) is 0 Å². The Morgan fingerprint density at radius 3 is 2.61 bits per heavy atom. The molecule has 7 nitrogen and oxygen atoms in total. The number of ether oxygens (including phenoxy) is 2. The lowest BCUT2D eigenvalue weighted by Gasteiger charge is -2.28. The zero-order valence-electron chi connectivity index (χ0n) is 14.5. The zero-order valence-corrected chi connectivity index (χ0v) is 14.5. The van der Waals surface area contributed by atoms with Crippen LogP contribution in [-0.2, 0) is 20.8 Å². The molecule has 0 aromatic carbocycles. The number of aromatic nitrogens is 1. The highest BCUT2D eigenvalue weighted by Gasteiger charge is 2.28. The summed E-state index contributed by atoms with van der Waals surface area (Å²) in [6.45, 7) is 9.49. The quantitative estimate of drug-likeness (QED) is 0.538. The van der Waals surface area contributed by atoms with Crippen molar-refractivity contribution in [2.45, 2.75) is 40.7 Å². The van der Waals surface area contributed by atoms with Crippen LogP contribution in [0.2, 0.25) is 0 Å². The van der Waals surface area contributed by atoms with Crippen LogP contribution in [0.5, 0.6) is 0 Å². The second kappa shape index (κ2) is 8.67. The molecule has 0 fully saturated rings. The van der Waals surface area contributed by atoms with E-state index in [4.69, 9.17) is 9.15 Å². The largest absolute Gasteiger partial charge is 0.464 e. The van der Waals surface area contributed by atoms with Crippen molar-refractivity contribution in [1.82, 2.24) is 9.88 Å². The van der Waals surface area contributed by atoms with Gasteiger partial charge in [-0.25, -0.2) is 9.78 Å². The molecule has 1 aromatic rings. The number of hydrogen-bond acceptors (Lipinski definition) is 6. The summed E-state index contributed by atoms with van der Waals surface area (Å²) in [5.41, 5.74) is -0.413. The van der Waals surface area contributed by atoms with Crippen molar-refractivity contribution < 1.29 is 23.5 Å². The topological polar surface area (TPSA) is 81.9 Å². The van der Waals surface area contributed by atoms with Crippen LogP contribution in [0.4, 0.5) is 0 Å². The Morgan fingerprint density at radius 2 is 2.04 bits per heavy atom. The molecule has 0 aliphatic rings. The Labute approximate surface area is 136 Å². The van der Waals surface area contributed by atoms with Crippen molar-refractivity contribution >= 4 is 11.9 Å². The number of nitrogens with zero attached hydrogens (tertiary/aromatic N) is 2. The molecule has 0 atom stereocenters. The van der Waals surface area contributed by atoms with Gasteiger partial charge in [-0.3, -0.25) is 4.79 Å². The Balaban J connectivity index is 2.77. The lowest BCUT2D eigenvalue weighted by molar-refractivity contribution is -0.140. The van der Waals surface area contributed by atoms with Crippen molar-refractivity contribution in [2.75, 3.05) is 26.9 Å². The maximum Gasteiger partial charge on any atom is 0.360 e. The fourth-order valence-corrected chi connectivity index (χ4v) is 1.97. The third-order valence-corrected chi connectivity index (χ3v) is 3.12. The molecular formula is C16H26N2O5. The molecule has 23 heavy (non-hydrogen) atoms. The number of carbonyl (C=O) groups is 2. The summed E-state index contributed by atoms with van der Waals surface area (Å²) in [6, 6.07) is 0. The van der Waals surface area contributed by atoms with Crippen LogP contribution < -0.4 is 0 Å². The Hall–Kier alpha value is -1.89. The molecule has 0 aliphatic heterocycles. The van der Waals surface area contributed by atoms with Gasteiger partial charge in [0.05, 0.1) is 13.7 Å². The summed E-state index contributed by atoms with van der Waals surface area (Å²) in [5.74, 6) is -0.267. The predicted octanol–water partition coefficient (Wildman–Crippen LogP) is 2.26. The van der Waals surface area contributed by atoms with E-state index in [1.165, 1.54) is 13.4 Å². The average Bonchev–Trinajstić information content (AvgIpc) is 2.96. The van der Waals surface area contributed by atoms with Crippen molar-refractivity contribution in [2.24, 2.45) is 5.41 Å². The number of rotatable bonds is 8. The summed E-state index contributed by atoms with van der Waals surface area (Å²) < 4.78 is 15.2. The van der Waals surface area contributed by atoms with Crippen LogP contribution in [0, 0.1) is 5.41 Å². The number of oxazole rings is 1. The fourth-order valence-electron chi connectivity index (χ4n) is 1.97. The van der Waals surface area contributed by atoms with Gasteiger partial charge < -0.3 is 18.8 Å². The summed E-state index contributed by atoms with van der Waals surface area (Å²) in [6.07, 6.45) is 1.96. The molecule has 0 saturated carbocycles. The molecule has 130 valence electrons. The van der Waals surface area contributed by atoms with E-state index in [1.54, 1.807) is 4.90 Å². The van der Waals surface area contributed by atoms with Crippen LogP contribution >= 0.6 is 0 Å². The van der Waals surface area contributed by atoms with Gasteiger partial charge in [0.1, 0.15) is 6.26 Å². The number of carbonyl (C=O) groups excluding carboxylic acids is 2. The number of hydrogen-bond donors (Lipinski definition) is 0. The number of amides is 1. The third kappa shape index (κ3) is 6.02. The second-order valence-corrected chi connectivity index (χ2v) is 6.15. The second-order valence-electron chi connectivity index (χ2n) is 6.15. The summed E-state index contributed by atoms with van der Waals surface area (Å²) in [5, 5.41) is 0. The van der Waals surface area contributed by atoms with Crippen molar-refractivity contribution in [3.63, 3.8) is 0 Å². The van der Waals surface area contributed by atoms with Crippen molar-refractivity contribution in [3.8, 4) is 0 Å². The van der Waals surface area contributed by atoms with E-state index in [9.17, 15) is 9.59 Å². The Morgan fingerprint density at radius 1 is 1.35 bits per heavy atom. The van der Waals surface area contributed by atoms with Gasteiger partial charge in [-0.15, -0.1) is 0 Å². The SMILES string of the molecule is CCOCCCN(Cc1nc(C(=O)OC)co1)C(=O)C(C)(C)C. The summed E-state index contributed by atoms with van der Waals surface area (Å²) >= 11 is 0. The summed E-state index contributed by atoms with van der Waals surface area (Å²) in [4.78, 5) is 29.7. The van der Waals surface area contributed by atoms with Gasteiger partial charge in [-0.05, 0) is 13.3 Å². The Bertz CT molecular complexity index is 519. The maximum atomic E-state index is 12.6. The van der Waals surface area contributed by atoms with E-state index in [0.29, 0.717) is 25.6 Å². The van der Waals surface area contributed by atoms with Crippen molar-refractivity contribution in [3.05, 3.63) is 17.8 Å². The molecular weight excluding hydrogens is 300 g/mol. The van der Waals surface area contributed by atoms with Gasteiger partial charge in [0.15, 0.2) is 5.69 Å². The Kier molecular flexibility index (Phi) is 7.22. The standard InChI is InChI=1S/C16H26N2O5/c1-6-22-9-7-8-18(15(20)16(2,3)4)10-13-17-12(11-23-13)14(19)21-5/h11H,6-10H2,1-5H3. The molecule has 0 unspecified atom stereocenters. The highest BCUT2D eigenvalue weighted by molar-refractivity contribution is 5.86. The van der Waals surface area contributed by atoms with Gasteiger partial charge in [0.2, 0.25) is 11.8 Å². The van der Waals surface area contributed by atoms with Gasteiger partial charge >= 0.3 is 5.97 Å². The molecule has 0 N–H and O–H groups in total. The van der Waals surface area contributed by atoms with Gasteiger partial charge in [-0.2, -0.15) is 0 Å². The van der Waals surface area contributed by atoms with Crippen molar-refractivity contribution in [1.29, 1.82) is 0 Å². The highest BCUT2D eigenvalue weighted by atomic mass is 16.5. The molecule has 1 amide bonds. The van der Waals surface area contributed by atoms with E-state index < -0.39 is 11.4 Å². The van der Waals surface area contributed by atoms with E-state index >= 15 is 0 Å². The first-order valence-corrected chi connectivity index (χ1v) is 7.69. The molecule has 1 heterocycles. The molecule has 7 heteroatoms. The minimum absolute atomic E-state index is 0.00758. The summed E-state index contributed by atoms with van der Waals surface area (Å²) in [7, 11) is 1.28. The molecule has 0 saturated heterocycles. The minimum atomic E-state index is -0.565. The van der Waals surface area contributed by atoms with E-state index in [2.05, 4.69) is 9.72 Å². The van der Waals surface area contributed by atoms with E-state index in [0.717, 1.165) is 6.42 Å². The van der Waals surface area contributed by atoms with Crippen LogP contribution in [0.25, 0.3) is 0 Å². The predicted molar refractivity (Wildman–Crippen MR) is 83.8 cm³/mol. The lowest BCUT2D eigenvalue weighted by atomic mass is 9.94. The molecule has 0 aliphatic carbocycles. The molecule has 0 spiro atoms. The van der Waals surface area contributed by atoms with Gasteiger partial charge in [0, 0.05) is 25.2 Å². The number of esters is 1. The van der Waals surface area contributed by atoms with Crippen LogP contribution in [0.15, 0.2) is 10.7 Å². The molecule has 1 rings (SSSR count). The van der Waals surface area contributed by atoms with Gasteiger partial charge in [-0.1, -0.05) is 20.8 Å². The minimum Gasteiger partial charge on any atom is -0.464 e. The molecule has 0 radical (unpaired) electrons. The normalized spacial score (nSPS) is 11.3. The first-order chi connectivity index (χ1) is 10.8. The maximum absolute atomic E-state index is 12.6. The zero-order chi connectivity index (χ0) is 17.5. The van der Waals surface area contributed by atoms with Crippen LogP contribution in [-0.4, -0.2) is 48.6 Å². The first kappa shape index (κ1) is 19.2. The third-order valence-electron chi connectivity index (χ3n) is 3.12.